The van der Waals surface area contributed by atoms with Gasteiger partial charge in [-0.2, -0.15) is 5.10 Å². The summed E-state index contributed by atoms with van der Waals surface area (Å²) in [6.45, 7) is 0. The molecule has 108 valence electrons. The van der Waals surface area contributed by atoms with Crippen molar-refractivity contribution in [3.05, 3.63) is 35.0 Å². The summed E-state index contributed by atoms with van der Waals surface area (Å²) in [4.78, 5) is 12.2. The van der Waals surface area contributed by atoms with Gasteiger partial charge in [-0.25, -0.2) is 0 Å². The summed E-state index contributed by atoms with van der Waals surface area (Å²) in [5.74, 6) is 0.836. The summed E-state index contributed by atoms with van der Waals surface area (Å²) in [6.07, 6.45) is 3.91. The average molecular weight is 283 g/mol. The van der Waals surface area contributed by atoms with Crippen LogP contribution < -0.4 is 10.1 Å². The highest BCUT2D eigenvalue weighted by atomic mass is 16.5. The number of nitrogens with one attached hydrogen (secondary N) is 2. The van der Waals surface area contributed by atoms with E-state index in [4.69, 9.17) is 4.74 Å². The fourth-order valence-electron chi connectivity index (χ4n) is 2.90. The molecule has 4 rings (SSSR count). The third-order valence-electron chi connectivity index (χ3n) is 4.22. The number of hydrogen-bond donors (Lipinski definition) is 2. The first-order chi connectivity index (χ1) is 10.3. The lowest BCUT2D eigenvalue weighted by Crippen LogP contribution is -2.27. The van der Waals surface area contributed by atoms with E-state index in [2.05, 4.69) is 21.6 Å². The monoisotopic (exact) mass is 283 g/mol. The van der Waals surface area contributed by atoms with E-state index in [1.54, 1.807) is 7.11 Å². The van der Waals surface area contributed by atoms with Crippen LogP contribution in [0.3, 0.4) is 0 Å². The maximum atomic E-state index is 12.2. The third-order valence-corrected chi connectivity index (χ3v) is 4.22. The topological polar surface area (TPSA) is 67.0 Å². The molecule has 1 amide bonds. The van der Waals surface area contributed by atoms with E-state index < -0.39 is 0 Å². The van der Waals surface area contributed by atoms with Crippen LogP contribution in [0, 0.1) is 0 Å². The maximum absolute atomic E-state index is 12.2. The number of aromatic nitrogens is 2. The van der Waals surface area contributed by atoms with Gasteiger partial charge in [0.25, 0.3) is 5.91 Å². The van der Waals surface area contributed by atoms with Crippen molar-refractivity contribution in [2.24, 2.45) is 0 Å². The fraction of sp³-hybridized carbons (Fsp3) is 0.375. The number of ether oxygens (including phenoxy) is 1. The molecule has 5 heteroatoms. The molecule has 1 aromatic carbocycles. The molecule has 0 spiro atoms. The van der Waals surface area contributed by atoms with Crippen molar-refractivity contribution in [2.75, 3.05) is 7.11 Å². The highest BCUT2D eigenvalue weighted by molar-refractivity contribution is 5.96. The smallest absolute Gasteiger partial charge is 0.269 e. The quantitative estimate of drug-likeness (QED) is 0.906. The predicted molar refractivity (Wildman–Crippen MR) is 78.5 cm³/mol. The Hall–Kier alpha value is -2.30. The molecule has 0 atom stereocenters. The van der Waals surface area contributed by atoms with Gasteiger partial charge in [0.1, 0.15) is 11.4 Å². The van der Waals surface area contributed by atoms with Crippen molar-refractivity contribution in [1.82, 2.24) is 15.5 Å². The molecule has 0 aliphatic heterocycles. The van der Waals surface area contributed by atoms with Crippen molar-refractivity contribution < 1.29 is 9.53 Å². The van der Waals surface area contributed by atoms with E-state index in [0.717, 1.165) is 48.3 Å². The SMILES string of the molecule is COc1ccc2c(c1)CCc1c-2n[nH]c1C(=O)NC1CC1. The van der Waals surface area contributed by atoms with Crippen LogP contribution in [0.5, 0.6) is 5.75 Å². The number of aromatic amines is 1. The molecule has 0 bridgehead atoms. The van der Waals surface area contributed by atoms with Crippen molar-refractivity contribution in [2.45, 2.75) is 31.7 Å². The van der Waals surface area contributed by atoms with Gasteiger partial charge in [-0.05, 0) is 49.4 Å². The molecule has 1 fully saturated rings. The van der Waals surface area contributed by atoms with Gasteiger partial charge < -0.3 is 10.1 Å². The first-order valence-electron chi connectivity index (χ1n) is 7.31. The first-order valence-corrected chi connectivity index (χ1v) is 7.31. The summed E-state index contributed by atoms with van der Waals surface area (Å²) >= 11 is 0. The molecule has 0 unspecified atom stereocenters. The second kappa shape index (κ2) is 4.62. The van der Waals surface area contributed by atoms with Gasteiger partial charge in [0, 0.05) is 17.2 Å². The van der Waals surface area contributed by atoms with Crippen molar-refractivity contribution in [3.8, 4) is 17.0 Å². The minimum atomic E-state index is -0.0248. The zero-order chi connectivity index (χ0) is 14.4. The number of H-pyrrole nitrogens is 1. The normalized spacial score (nSPS) is 16.0. The number of benzene rings is 1. The lowest BCUT2D eigenvalue weighted by molar-refractivity contribution is 0.0945. The average Bonchev–Trinajstić information content (AvgIpc) is 3.21. The van der Waals surface area contributed by atoms with Crippen LogP contribution in [-0.2, 0) is 12.8 Å². The number of carbonyl (C=O) groups excluding carboxylic acids is 1. The summed E-state index contributed by atoms with van der Waals surface area (Å²) < 4.78 is 5.27. The first kappa shape index (κ1) is 12.4. The molecule has 2 aliphatic rings. The number of aryl methyl sites for hydroxylation is 1. The van der Waals surface area contributed by atoms with Gasteiger partial charge in [-0.3, -0.25) is 9.89 Å². The molecule has 21 heavy (non-hydrogen) atoms. The molecular weight excluding hydrogens is 266 g/mol. The Morgan fingerprint density at radius 3 is 3.00 bits per heavy atom. The highest BCUT2D eigenvalue weighted by Crippen LogP contribution is 2.35. The van der Waals surface area contributed by atoms with E-state index in [1.165, 1.54) is 5.56 Å². The number of fused-ring (bicyclic) bond motifs is 3. The van der Waals surface area contributed by atoms with Crippen LogP contribution in [0.2, 0.25) is 0 Å². The number of rotatable bonds is 3. The summed E-state index contributed by atoms with van der Waals surface area (Å²) in [5, 5.41) is 10.3. The van der Waals surface area contributed by atoms with E-state index in [1.807, 2.05) is 12.1 Å². The van der Waals surface area contributed by atoms with Crippen molar-refractivity contribution >= 4 is 5.91 Å². The molecule has 5 nitrogen and oxygen atoms in total. The Bertz CT molecular complexity index is 716. The molecule has 2 aliphatic carbocycles. The molecule has 0 saturated heterocycles. The second-order valence-electron chi connectivity index (χ2n) is 5.70. The molecule has 1 aromatic heterocycles. The minimum Gasteiger partial charge on any atom is -0.497 e. The minimum absolute atomic E-state index is 0.0248. The third kappa shape index (κ3) is 2.09. The van der Waals surface area contributed by atoms with Gasteiger partial charge in [0.15, 0.2) is 0 Å². The number of methoxy groups -OCH3 is 1. The van der Waals surface area contributed by atoms with E-state index in [-0.39, 0.29) is 5.91 Å². The van der Waals surface area contributed by atoms with E-state index >= 15 is 0 Å². The lowest BCUT2D eigenvalue weighted by atomic mass is 9.89. The van der Waals surface area contributed by atoms with E-state index in [9.17, 15) is 4.79 Å². The van der Waals surface area contributed by atoms with E-state index in [0.29, 0.717) is 11.7 Å². The molecule has 2 N–H and O–H groups in total. The molecular formula is C16H17N3O2. The Balaban J connectivity index is 1.71. The largest absolute Gasteiger partial charge is 0.497 e. The van der Waals surface area contributed by atoms with Crippen LogP contribution in [0.25, 0.3) is 11.3 Å². The molecule has 1 heterocycles. The van der Waals surface area contributed by atoms with Gasteiger partial charge in [0.05, 0.1) is 12.8 Å². The highest BCUT2D eigenvalue weighted by Gasteiger charge is 2.29. The van der Waals surface area contributed by atoms with Crippen molar-refractivity contribution in [3.63, 3.8) is 0 Å². The van der Waals surface area contributed by atoms with Gasteiger partial charge in [-0.1, -0.05) is 0 Å². The Labute approximate surface area is 122 Å². The van der Waals surface area contributed by atoms with Crippen LogP contribution in [0.1, 0.15) is 34.5 Å². The Morgan fingerprint density at radius 1 is 1.38 bits per heavy atom. The zero-order valence-corrected chi connectivity index (χ0v) is 11.9. The standard InChI is InChI=1S/C16H17N3O2/c1-21-11-5-7-12-9(8-11)2-6-13-14(12)18-19-15(13)16(20)17-10-3-4-10/h5,7-8,10H,2-4,6H2,1H3,(H,17,20)(H,18,19). The number of carbonyl (C=O) groups is 1. The Morgan fingerprint density at radius 2 is 2.24 bits per heavy atom. The Kier molecular flexibility index (Phi) is 2.74. The predicted octanol–water partition coefficient (Wildman–Crippen LogP) is 2.08. The fourth-order valence-corrected chi connectivity index (χ4v) is 2.90. The summed E-state index contributed by atoms with van der Waals surface area (Å²) in [7, 11) is 1.67. The molecule has 0 radical (unpaired) electrons. The summed E-state index contributed by atoms with van der Waals surface area (Å²) in [5.41, 5.74) is 4.88. The number of hydrogen-bond acceptors (Lipinski definition) is 3. The van der Waals surface area contributed by atoms with Crippen LogP contribution >= 0.6 is 0 Å². The summed E-state index contributed by atoms with van der Waals surface area (Å²) in [6, 6.07) is 6.37. The van der Waals surface area contributed by atoms with Gasteiger partial charge >= 0.3 is 0 Å². The van der Waals surface area contributed by atoms with Gasteiger partial charge in [0.2, 0.25) is 0 Å². The maximum Gasteiger partial charge on any atom is 0.269 e. The van der Waals surface area contributed by atoms with Crippen LogP contribution in [0.15, 0.2) is 18.2 Å². The molecule has 1 saturated carbocycles. The molecule has 2 aromatic rings. The van der Waals surface area contributed by atoms with Crippen LogP contribution in [0.4, 0.5) is 0 Å². The zero-order valence-electron chi connectivity index (χ0n) is 11.9. The second-order valence-corrected chi connectivity index (χ2v) is 5.70. The number of nitrogens with zero attached hydrogens (tertiary/aromatic N) is 1. The van der Waals surface area contributed by atoms with Crippen LogP contribution in [-0.4, -0.2) is 29.3 Å². The lowest BCUT2D eigenvalue weighted by Gasteiger charge is -2.16. The number of amides is 1. The van der Waals surface area contributed by atoms with Crippen molar-refractivity contribution in [1.29, 1.82) is 0 Å². The van der Waals surface area contributed by atoms with Gasteiger partial charge in [-0.15, -0.1) is 0 Å².